The summed E-state index contributed by atoms with van der Waals surface area (Å²) in [5.41, 5.74) is 0. The predicted octanol–water partition coefficient (Wildman–Crippen LogP) is 0.754. The number of nitrogens with zero attached hydrogens (tertiary/aromatic N) is 1. The van der Waals surface area contributed by atoms with Gasteiger partial charge in [-0.25, -0.2) is 0 Å². The maximum atomic E-state index is 10.6. The fraction of sp³-hybridized carbons (Fsp3) is 0.857. The van der Waals surface area contributed by atoms with Gasteiger partial charge < -0.3 is 5.11 Å². The first kappa shape index (κ1) is 10.8. The zero-order valence-electron chi connectivity index (χ0n) is 7.20. The molecule has 0 aromatic rings. The van der Waals surface area contributed by atoms with Gasteiger partial charge in [0.15, 0.2) is 0 Å². The van der Waals surface area contributed by atoms with Crippen LogP contribution in [0, 0.1) is 0 Å². The number of hydrogen-bond donors (Lipinski definition) is 1. The molecule has 0 unspecified atom stereocenters. The highest BCUT2D eigenvalue weighted by Crippen LogP contribution is 2.04. The molecule has 0 heterocycles. The van der Waals surface area contributed by atoms with E-state index in [1.165, 1.54) is 0 Å². The minimum absolute atomic E-state index is 0.331. The maximum Gasteiger partial charge on any atom is 0.320 e. The summed E-state index contributed by atoms with van der Waals surface area (Å²) in [6, 6.07) is -0.331. The van der Waals surface area contributed by atoms with Gasteiger partial charge in [-0.3, -0.25) is 9.69 Å². The lowest BCUT2D eigenvalue weighted by Gasteiger charge is -2.18. The van der Waals surface area contributed by atoms with E-state index in [4.69, 9.17) is 5.11 Å². The molecule has 0 aliphatic carbocycles. The molecule has 0 saturated heterocycles. The lowest BCUT2D eigenvalue weighted by atomic mass is 10.2. The van der Waals surface area contributed by atoms with Crippen LogP contribution < -0.4 is 0 Å². The molecule has 1 N–H and O–H groups in total. The second-order valence-corrected chi connectivity index (χ2v) is 3.58. The molecule has 0 radical (unpaired) electrons. The molecule has 0 saturated carbocycles. The van der Waals surface area contributed by atoms with Crippen LogP contribution in [0.4, 0.5) is 0 Å². The Morgan fingerprint density at radius 3 is 2.45 bits per heavy atom. The molecule has 0 bridgehead atoms. The first-order valence-electron chi connectivity index (χ1n) is 3.47. The molecule has 0 rings (SSSR count). The van der Waals surface area contributed by atoms with E-state index in [1.54, 1.807) is 30.8 Å². The van der Waals surface area contributed by atoms with Crippen molar-refractivity contribution < 1.29 is 9.90 Å². The topological polar surface area (TPSA) is 40.5 Å². The minimum Gasteiger partial charge on any atom is -0.480 e. The molecule has 4 heteroatoms. The van der Waals surface area contributed by atoms with Crippen LogP contribution in [0.3, 0.4) is 0 Å². The van der Waals surface area contributed by atoms with E-state index in [-0.39, 0.29) is 6.04 Å². The van der Waals surface area contributed by atoms with Crippen LogP contribution in [-0.4, -0.2) is 48.1 Å². The highest BCUT2D eigenvalue weighted by molar-refractivity contribution is 7.98. The van der Waals surface area contributed by atoms with Gasteiger partial charge in [-0.15, -0.1) is 0 Å². The number of thioether (sulfide) groups is 1. The van der Waals surface area contributed by atoms with Crippen molar-refractivity contribution in [2.45, 2.75) is 12.5 Å². The van der Waals surface area contributed by atoms with Gasteiger partial charge in [-0.05, 0) is 32.5 Å². The number of carboxylic acids is 1. The molecule has 66 valence electrons. The molecule has 0 aromatic heterocycles. The van der Waals surface area contributed by atoms with Crippen molar-refractivity contribution >= 4 is 17.7 Å². The van der Waals surface area contributed by atoms with Crippen LogP contribution in [0.5, 0.6) is 0 Å². The molecule has 0 aromatic carbocycles. The summed E-state index contributed by atoms with van der Waals surface area (Å²) < 4.78 is 0. The van der Waals surface area contributed by atoms with Crippen molar-refractivity contribution in [1.82, 2.24) is 4.90 Å². The largest absolute Gasteiger partial charge is 0.480 e. The summed E-state index contributed by atoms with van der Waals surface area (Å²) in [4.78, 5) is 12.3. The molecule has 0 spiro atoms. The molecule has 0 amide bonds. The fourth-order valence-corrected chi connectivity index (χ4v) is 1.29. The molecule has 0 aliphatic heterocycles. The fourth-order valence-electron chi connectivity index (χ4n) is 0.832. The Morgan fingerprint density at radius 2 is 2.18 bits per heavy atom. The van der Waals surface area contributed by atoms with Gasteiger partial charge in [0.1, 0.15) is 6.04 Å². The van der Waals surface area contributed by atoms with Crippen molar-refractivity contribution in [3.8, 4) is 0 Å². The smallest absolute Gasteiger partial charge is 0.320 e. The van der Waals surface area contributed by atoms with Crippen LogP contribution in [-0.2, 0) is 4.79 Å². The maximum absolute atomic E-state index is 10.6. The molecular formula is C7H15NO2S. The third-order valence-electron chi connectivity index (χ3n) is 1.50. The lowest BCUT2D eigenvalue weighted by molar-refractivity contribution is -0.142. The van der Waals surface area contributed by atoms with Crippen LogP contribution in [0.2, 0.25) is 0 Å². The van der Waals surface area contributed by atoms with E-state index in [1.807, 2.05) is 6.26 Å². The normalized spacial score (nSPS) is 13.5. The number of aliphatic carboxylic acids is 1. The monoisotopic (exact) mass is 177 g/mol. The van der Waals surface area contributed by atoms with Gasteiger partial charge in [-0.2, -0.15) is 11.8 Å². The van der Waals surface area contributed by atoms with E-state index < -0.39 is 5.97 Å². The van der Waals surface area contributed by atoms with Gasteiger partial charge in [0, 0.05) is 0 Å². The van der Waals surface area contributed by atoms with Gasteiger partial charge in [0.05, 0.1) is 0 Å². The van der Waals surface area contributed by atoms with Gasteiger partial charge in [0.2, 0.25) is 0 Å². The third-order valence-corrected chi connectivity index (χ3v) is 2.15. The quantitative estimate of drug-likeness (QED) is 0.673. The first-order chi connectivity index (χ1) is 5.09. The van der Waals surface area contributed by atoms with Gasteiger partial charge in [-0.1, -0.05) is 0 Å². The molecule has 3 nitrogen and oxygen atoms in total. The molecule has 0 fully saturated rings. The van der Waals surface area contributed by atoms with E-state index in [0.29, 0.717) is 6.42 Å². The average molecular weight is 177 g/mol. The van der Waals surface area contributed by atoms with E-state index in [9.17, 15) is 4.79 Å². The number of carboxylic acid groups (broad SMARTS) is 1. The minimum atomic E-state index is -0.732. The summed E-state index contributed by atoms with van der Waals surface area (Å²) in [5.74, 6) is 0.166. The Morgan fingerprint density at radius 1 is 1.64 bits per heavy atom. The zero-order chi connectivity index (χ0) is 8.85. The Balaban J connectivity index is 3.80. The van der Waals surface area contributed by atoms with Crippen molar-refractivity contribution in [2.24, 2.45) is 0 Å². The zero-order valence-corrected chi connectivity index (χ0v) is 8.02. The molecule has 11 heavy (non-hydrogen) atoms. The summed E-state index contributed by atoms with van der Waals surface area (Å²) in [5, 5.41) is 8.72. The SMILES string of the molecule is CSCC[C@@H](C(=O)O)N(C)C. The third kappa shape index (κ3) is 4.27. The van der Waals surface area contributed by atoms with Crippen molar-refractivity contribution in [3.05, 3.63) is 0 Å². The summed E-state index contributed by atoms with van der Waals surface area (Å²) >= 11 is 1.67. The standard InChI is InChI=1S/C7H15NO2S/c1-8(2)6(7(9)10)4-5-11-3/h6H,4-5H2,1-3H3,(H,9,10)/t6-/m0/s1. The number of hydrogen-bond acceptors (Lipinski definition) is 3. The van der Waals surface area contributed by atoms with Gasteiger partial charge in [0.25, 0.3) is 0 Å². The van der Waals surface area contributed by atoms with Crippen molar-refractivity contribution in [1.29, 1.82) is 0 Å². The highest BCUT2D eigenvalue weighted by atomic mass is 32.2. The number of likely N-dealkylation sites (N-methyl/N-ethyl adjacent to an activating group) is 1. The van der Waals surface area contributed by atoms with Crippen molar-refractivity contribution in [2.75, 3.05) is 26.1 Å². The Kier molecular flexibility index (Phi) is 5.32. The number of rotatable bonds is 5. The van der Waals surface area contributed by atoms with Crippen LogP contribution in [0.1, 0.15) is 6.42 Å². The van der Waals surface area contributed by atoms with Crippen molar-refractivity contribution in [3.63, 3.8) is 0 Å². The highest BCUT2D eigenvalue weighted by Gasteiger charge is 2.18. The van der Waals surface area contributed by atoms with Crippen LogP contribution >= 0.6 is 11.8 Å². The molecule has 1 atom stereocenters. The molecule has 0 aliphatic rings. The van der Waals surface area contributed by atoms with E-state index >= 15 is 0 Å². The lowest BCUT2D eigenvalue weighted by Crippen LogP contribution is -2.35. The Hall–Kier alpha value is -0.220. The van der Waals surface area contributed by atoms with E-state index in [0.717, 1.165) is 5.75 Å². The van der Waals surface area contributed by atoms with E-state index in [2.05, 4.69) is 0 Å². The average Bonchev–Trinajstić information content (AvgIpc) is 1.87. The summed E-state index contributed by atoms with van der Waals surface area (Å²) in [6.45, 7) is 0. The summed E-state index contributed by atoms with van der Waals surface area (Å²) in [6.07, 6.45) is 2.69. The molecular weight excluding hydrogens is 162 g/mol. The second-order valence-electron chi connectivity index (χ2n) is 2.60. The second kappa shape index (κ2) is 5.43. The summed E-state index contributed by atoms with van der Waals surface area (Å²) in [7, 11) is 3.58. The first-order valence-corrected chi connectivity index (χ1v) is 4.87. The Labute approximate surface area is 71.8 Å². The van der Waals surface area contributed by atoms with Crippen LogP contribution in [0.25, 0.3) is 0 Å². The van der Waals surface area contributed by atoms with Crippen LogP contribution in [0.15, 0.2) is 0 Å². The number of carbonyl (C=O) groups is 1. The van der Waals surface area contributed by atoms with Gasteiger partial charge >= 0.3 is 5.97 Å². The predicted molar refractivity (Wildman–Crippen MR) is 48.1 cm³/mol. The Bertz CT molecular complexity index is 128.